The molecule has 0 atom stereocenters. The van der Waals surface area contributed by atoms with Crippen molar-refractivity contribution in [1.29, 1.82) is 0 Å². The van der Waals surface area contributed by atoms with Crippen molar-refractivity contribution >= 4 is 0 Å². The average molecular weight is 227 g/mol. The van der Waals surface area contributed by atoms with Gasteiger partial charge < -0.3 is 5.32 Å². The lowest BCUT2D eigenvalue weighted by Gasteiger charge is -2.18. The average Bonchev–Trinajstić information content (AvgIpc) is 2.40. The van der Waals surface area contributed by atoms with Crippen molar-refractivity contribution in [2.24, 2.45) is 0 Å². The van der Waals surface area contributed by atoms with Gasteiger partial charge in [-0.25, -0.2) is 19.9 Å². The lowest BCUT2D eigenvalue weighted by molar-refractivity contribution is 0.621. The lowest BCUT2D eigenvalue weighted by Crippen LogP contribution is -2.26. The Morgan fingerprint density at radius 3 is 2.76 bits per heavy atom. The Kier molecular flexibility index (Phi) is 2.53. The largest absolute Gasteiger partial charge is 0.312 e. The summed E-state index contributed by atoms with van der Waals surface area (Å²) in [6, 6.07) is 1.79. The third-order valence-corrected chi connectivity index (χ3v) is 2.91. The molecule has 3 rings (SSSR count). The van der Waals surface area contributed by atoms with Crippen LogP contribution in [-0.4, -0.2) is 26.5 Å². The molecule has 2 aromatic rings. The summed E-state index contributed by atoms with van der Waals surface area (Å²) in [5.41, 5.74) is 3.36. The molecule has 0 spiro atoms. The van der Waals surface area contributed by atoms with E-state index in [1.165, 1.54) is 5.56 Å². The molecule has 5 heteroatoms. The van der Waals surface area contributed by atoms with E-state index in [4.69, 9.17) is 0 Å². The van der Waals surface area contributed by atoms with E-state index in [0.717, 1.165) is 30.9 Å². The molecule has 86 valence electrons. The van der Waals surface area contributed by atoms with Crippen LogP contribution in [0.4, 0.5) is 0 Å². The van der Waals surface area contributed by atoms with Gasteiger partial charge in [-0.15, -0.1) is 0 Å². The summed E-state index contributed by atoms with van der Waals surface area (Å²) in [4.78, 5) is 17.4. The van der Waals surface area contributed by atoms with Crippen LogP contribution in [0.1, 0.15) is 17.0 Å². The zero-order valence-electron chi connectivity index (χ0n) is 9.64. The number of hydrogen-bond acceptors (Lipinski definition) is 5. The van der Waals surface area contributed by atoms with E-state index in [1.54, 1.807) is 18.5 Å². The second kappa shape index (κ2) is 4.18. The first-order valence-electron chi connectivity index (χ1n) is 5.69. The van der Waals surface area contributed by atoms with E-state index in [0.29, 0.717) is 11.6 Å². The molecular formula is C12H13N5. The molecular weight excluding hydrogens is 214 g/mol. The van der Waals surface area contributed by atoms with E-state index >= 15 is 0 Å². The quantitative estimate of drug-likeness (QED) is 0.783. The van der Waals surface area contributed by atoms with Crippen LogP contribution in [0.3, 0.4) is 0 Å². The summed E-state index contributed by atoms with van der Waals surface area (Å²) >= 11 is 0. The van der Waals surface area contributed by atoms with Crippen molar-refractivity contribution in [1.82, 2.24) is 25.3 Å². The highest BCUT2D eigenvalue weighted by Gasteiger charge is 2.16. The predicted molar refractivity (Wildman–Crippen MR) is 63.2 cm³/mol. The summed E-state index contributed by atoms with van der Waals surface area (Å²) in [5, 5.41) is 3.33. The number of hydrogen-bond donors (Lipinski definition) is 1. The highest BCUT2D eigenvalue weighted by Crippen LogP contribution is 2.18. The van der Waals surface area contributed by atoms with Crippen LogP contribution in [0, 0.1) is 6.92 Å². The molecule has 17 heavy (non-hydrogen) atoms. The van der Waals surface area contributed by atoms with Crippen LogP contribution in [-0.2, 0) is 13.0 Å². The van der Waals surface area contributed by atoms with Crippen molar-refractivity contribution in [3.8, 4) is 11.6 Å². The van der Waals surface area contributed by atoms with Crippen LogP contribution in [0.5, 0.6) is 0 Å². The molecule has 1 aliphatic heterocycles. The van der Waals surface area contributed by atoms with Gasteiger partial charge in [0.2, 0.25) is 0 Å². The smallest absolute Gasteiger partial charge is 0.198 e. The van der Waals surface area contributed by atoms with E-state index in [9.17, 15) is 0 Å². The molecule has 0 radical (unpaired) electrons. The lowest BCUT2D eigenvalue weighted by atomic mass is 10.1. The van der Waals surface area contributed by atoms with E-state index in [2.05, 4.69) is 25.3 Å². The summed E-state index contributed by atoms with van der Waals surface area (Å²) < 4.78 is 0. The Bertz CT molecular complexity index is 538. The molecule has 5 nitrogen and oxygen atoms in total. The van der Waals surface area contributed by atoms with Gasteiger partial charge in [0.15, 0.2) is 11.6 Å². The molecule has 0 bridgehead atoms. The van der Waals surface area contributed by atoms with Crippen molar-refractivity contribution in [2.45, 2.75) is 19.9 Å². The Hall–Kier alpha value is -1.88. The SMILES string of the molecule is Cc1nc(-c2ncccn2)nc2c1CNCC2. The van der Waals surface area contributed by atoms with Gasteiger partial charge in [-0.05, 0) is 13.0 Å². The zero-order chi connectivity index (χ0) is 11.7. The Morgan fingerprint density at radius 2 is 1.94 bits per heavy atom. The fourth-order valence-electron chi connectivity index (χ4n) is 2.03. The number of aromatic nitrogens is 4. The molecule has 0 saturated heterocycles. The minimum atomic E-state index is 0.594. The molecule has 3 heterocycles. The molecule has 0 fully saturated rings. The summed E-state index contributed by atoms with van der Waals surface area (Å²) in [6.45, 7) is 3.84. The molecule has 2 aromatic heterocycles. The molecule has 1 aliphatic rings. The monoisotopic (exact) mass is 227 g/mol. The first-order chi connectivity index (χ1) is 8.34. The number of nitrogens with one attached hydrogen (secondary N) is 1. The van der Waals surface area contributed by atoms with Crippen LogP contribution in [0.2, 0.25) is 0 Å². The van der Waals surface area contributed by atoms with Gasteiger partial charge in [0.1, 0.15) is 0 Å². The van der Waals surface area contributed by atoms with Crippen molar-refractivity contribution in [3.05, 3.63) is 35.4 Å². The second-order valence-electron chi connectivity index (χ2n) is 4.06. The van der Waals surface area contributed by atoms with E-state index in [-0.39, 0.29) is 0 Å². The first kappa shape index (κ1) is 10.3. The normalized spacial score (nSPS) is 14.4. The summed E-state index contributed by atoms with van der Waals surface area (Å²) in [5.74, 6) is 1.22. The third-order valence-electron chi connectivity index (χ3n) is 2.91. The maximum atomic E-state index is 4.57. The Morgan fingerprint density at radius 1 is 1.12 bits per heavy atom. The number of nitrogens with zero attached hydrogens (tertiary/aromatic N) is 4. The maximum absolute atomic E-state index is 4.57. The molecule has 0 amide bonds. The third kappa shape index (κ3) is 1.89. The maximum Gasteiger partial charge on any atom is 0.198 e. The fraction of sp³-hybridized carbons (Fsp3) is 0.333. The van der Waals surface area contributed by atoms with Gasteiger partial charge in [0, 0.05) is 43.2 Å². The van der Waals surface area contributed by atoms with Crippen LogP contribution < -0.4 is 5.32 Å². The second-order valence-corrected chi connectivity index (χ2v) is 4.06. The van der Waals surface area contributed by atoms with Crippen LogP contribution in [0.15, 0.2) is 18.5 Å². The molecule has 1 N–H and O–H groups in total. The van der Waals surface area contributed by atoms with Gasteiger partial charge in [-0.1, -0.05) is 0 Å². The standard InChI is InChI=1S/C12H13N5/c1-8-9-7-13-6-3-10(9)17-12(16-8)11-14-4-2-5-15-11/h2,4-5,13H,3,6-7H2,1H3. The van der Waals surface area contributed by atoms with E-state index < -0.39 is 0 Å². The van der Waals surface area contributed by atoms with Crippen LogP contribution >= 0.6 is 0 Å². The predicted octanol–water partition coefficient (Wildman–Crippen LogP) is 0.888. The van der Waals surface area contributed by atoms with Crippen molar-refractivity contribution < 1.29 is 0 Å². The van der Waals surface area contributed by atoms with Gasteiger partial charge >= 0.3 is 0 Å². The molecule has 0 saturated carbocycles. The minimum Gasteiger partial charge on any atom is -0.312 e. The molecule has 0 aliphatic carbocycles. The zero-order valence-corrected chi connectivity index (χ0v) is 9.64. The highest BCUT2D eigenvalue weighted by molar-refractivity contribution is 5.45. The molecule has 0 aromatic carbocycles. The number of rotatable bonds is 1. The van der Waals surface area contributed by atoms with E-state index in [1.807, 2.05) is 6.92 Å². The first-order valence-corrected chi connectivity index (χ1v) is 5.69. The summed E-state index contributed by atoms with van der Waals surface area (Å²) in [6.07, 6.45) is 4.36. The Labute approximate surface area is 99.4 Å². The van der Waals surface area contributed by atoms with Gasteiger partial charge in [0.05, 0.1) is 5.69 Å². The Balaban J connectivity index is 2.11. The topological polar surface area (TPSA) is 63.6 Å². The highest BCUT2D eigenvalue weighted by atomic mass is 15.0. The van der Waals surface area contributed by atoms with Gasteiger partial charge in [-0.3, -0.25) is 0 Å². The number of aryl methyl sites for hydroxylation is 1. The summed E-state index contributed by atoms with van der Waals surface area (Å²) in [7, 11) is 0. The molecule has 0 unspecified atom stereocenters. The van der Waals surface area contributed by atoms with Crippen molar-refractivity contribution in [2.75, 3.05) is 6.54 Å². The number of fused-ring (bicyclic) bond motifs is 1. The minimum absolute atomic E-state index is 0.594. The van der Waals surface area contributed by atoms with Crippen LogP contribution in [0.25, 0.3) is 11.6 Å². The van der Waals surface area contributed by atoms with Gasteiger partial charge in [0.25, 0.3) is 0 Å². The van der Waals surface area contributed by atoms with Gasteiger partial charge in [-0.2, -0.15) is 0 Å². The fourth-order valence-corrected chi connectivity index (χ4v) is 2.03. The van der Waals surface area contributed by atoms with Crippen molar-refractivity contribution in [3.63, 3.8) is 0 Å².